The largest absolute Gasteiger partial charge is 0.468 e. The third-order valence-corrected chi connectivity index (χ3v) is 5.05. The summed E-state index contributed by atoms with van der Waals surface area (Å²) in [7, 11) is 1.71. The molecule has 0 unspecified atom stereocenters. The van der Waals surface area contributed by atoms with Crippen LogP contribution in [0.5, 0.6) is 0 Å². The molecule has 1 aromatic carbocycles. The molecule has 0 aromatic heterocycles. The lowest BCUT2D eigenvalue weighted by Gasteiger charge is -2.19. The highest BCUT2D eigenvalue weighted by Crippen LogP contribution is 2.50. The van der Waals surface area contributed by atoms with Crippen molar-refractivity contribution in [3.63, 3.8) is 0 Å². The summed E-state index contributed by atoms with van der Waals surface area (Å²) in [4.78, 5) is 4.79. The Kier molecular flexibility index (Phi) is 3.66. The summed E-state index contributed by atoms with van der Waals surface area (Å²) in [5.41, 5.74) is 1.18. The van der Waals surface area contributed by atoms with Gasteiger partial charge in [0.25, 0.3) is 0 Å². The minimum Gasteiger partial charge on any atom is -0.468 e. The number of rotatable bonds is 4. The van der Waals surface area contributed by atoms with Crippen LogP contribution in [0.25, 0.3) is 0 Å². The molecular weight excluding hydrogens is 278 g/mol. The van der Waals surface area contributed by atoms with E-state index >= 15 is 0 Å². The zero-order valence-electron chi connectivity index (χ0n) is 13.0. The minimum absolute atomic E-state index is 0.0206. The highest BCUT2D eigenvalue weighted by Gasteiger charge is 2.61. The van der Waals surface area contributed by atoms with Crippen LogP contribution in [0.15, 0.2) is 35.3 Å². The Labute approximate surface area is 131 Å². The van der Waals surface area contributed by atoms with E-state index in [9.17, 15) is 0 Å². The quantitative estimate of drug-likeness (QED) is 0.802. The lowest BCUT2D eigenvalue weighted by molar-refractivity contribution is 0.118. The molecule has 118 valence electrons. The molecule has 0 amide bonds. The predicted octanol–water partition coefficient (Wildman–Crippen LogP) is 3.27. The van der Waals surface area contributed by atoms with Gasteiger partial charge < -0.3 is 14.2 Å². The van der Waals surface area contributed by atoms with E-state index in [-0.39, 0.29) is 23.9 Å². The van der Waals surface area contributed by atoms with E-state index in [4.69, 9.17) is 19.2 Å². The van der Waals surface area contributed by atoms with Gasteiger partial charge in [0.2, 0.25) is 5.90 Å². The van der Waals surface area contributed by atoms with Crippen LogP contribution >= 0.6 is 0 Å². The van der Waals surface area contributed by atoms with E-state index in [1.165, 1.54) is 19.3 Å². The standard InChI is InChI=1S/C18H23NO3/c1-20-12-14-15(13-8-4-2-5-9-13)21-17(19-14)16-18(22-16)10-6-3-7-11-18/h2,4-5,8-9,14-16H,3,6-7,10-12H2,1H3/t14-,15-,16+/m0/s1. The van der Waals surface area contributed by atoms with Crippen molar-refractivity contribution in [2.24, 2.45) is 4.99 Å². The van der Waals surface area contributed by atoms with Gasteiger partial charge in [-0.1, -0.05) is 49.6 Å². The SMILES string of the molecule is COC[C@@H]1N=C([C@H]2OC23CCCCC3)O[C@H]1c1ccccc1. The number of benzene rings is 1. The number of hydrogen-bond donors (Lipinski definition) is 0. The third-order valence-electron chi connectivity index (χ3n) is 5.05. The summed E-state index contributed by atoms with van der Waals surface area (Å²) in [6.45, 7) is 0.572. The van der Waals surface area contributed by atoms with Gasteiger partial charge in [-0.25, -0.2) is 4.99 Å². The second-order valence-corrected chi connectivity index (χ2v) is 6.56. The first kappa shape index (κ1) is 14.2. The normalized spacial score (nSPS) is 32.6. The van der Waals surface area contributed by atoms with Gasteiger partial charge in [-0.2, -0.15) is 0 Å². The number of ether oxygens (including phenoxy) is 3. The van der Waals surface area contributed by atoms with Crippen LogP contribution in [0.1, 0.15) is 43.8 Å². The van der Waals surface area contributed by atoms with Gasteiger partial charge in [-0.3, -0.25) is 0 Å². The molecular formula is C18H23NO3. The second kappa shape index (κ2) is 5.67. The average Bonchev–Trinajstić information content (AvgIpc) is 3.07. The molecule has 1 saturated carbocycles. The van der Waals surface area contributed by atoms with Crippen molar-refractivity contribution in [3.8, 4) is 0 Å². The van der Waals surface area contributed by atoms with E-state index < -0.39 is 0 Å². The van der Waals surface area contributed by atoms with Crippen molar-refractivity contribution in [2.75, 3.05) is 13.7 Å². The fourth-order valence-corrected chi connectivity index (χ4v) is 3.83. The number of hydrogen-bond acceptors (Lipinski definition) is 4. The first-order valence-corrected chi connectivity index (χ1v) is 8.28. The van der Waals surface area contributed by atoms with Gasteiger partial charge >= 0.3 is 0 Å². The molecule has 0 radical (unpaired) electrons. The van der Waals surface area contributed by atoms with Gasteiger partial charge in [-0.05, 0) is 18.4 Å². The van der Waals surface area contributed by atoms with Crippen molar-refractivity contribution in [3.05, 3.63) is 35.9 Å². The van der Waals surface area contributed by atoms with Gasteiger partial charge in [0.15, 0.2) is 6.10 Å². The molecule has 1 aromatic rings. The van der Waals surface area contributed by atoms with Gasteiger partial charge in [0.05, 0.1) is 6.61 Å². The Morgan fingerprint density at radius 1 is 1.18 bits per heavy atom. The smallest absolute Gasteiger partial charge is 0.217 e. The van der Waals surface area contributed by atoms with Crippen molar-refractivity contribution in [2.45, 2.75) is 56.0 Å². The molecule has 0 bridgehead atoms. The maximum Gasteiger partial charge on any atom is 0.217 e. The molecule has 2 fully saturated rings. The molecule has 4 nitrogen and oxygen atoms in total. The van der Waals surface area contributed by atoms with Crippen LogP contribution in [-0.2, 0) is 14.2 Å². The Balaban J connectivity index is 1.51. The maximum atomic E-state index is 6.21. The first-order chi connectivity index (χ1) is 10.8. The molecule has 3 atom stereocenters. The van der Waals surface area contributed by atoms with Crippen molar-refractivity contribution in [1.29, 1.82) is 0 Å². The van der Waals surface area contributed by atoms with E-state index in [1.807, 2.05) is 18.2 Å². The maximum absolute atomic E-state index is 6.21. The molecule has 3 aliphatic rings. The summed E-state index contributed by atoms with van der Waals surface area (Å²) in [6.07, 6.45) is 6.14. The monoisotopic (exact) mass is 301 g/mol. The van der Waals surface area contributed by atoms with Crippen molar-refractivity contribution in [1.82, 2.24) is 0 Å². The van der Waals surface area contributed by atoms with Gasteiger partial charge in [-0.15, -0.1) is 0 Å². The van der Waals surface area contributed by atoms with Crippen molar-refractivity contribution < 1.29 is 14.2 Å². The predicted molar refractivity (Wildman–Crippen MR) is 84.1 cm³/mol. The molecule has 4 rings (SSSR count). The van der Waals surface area contributed by atoms with Crippen molar-refractivity contribution >= 4 is 5.90 Å². The number of methoxy groups -OCH3 is 1. The molecule has 1 spiro atoms. The first-order valence-electron chi connectivity index (χ1n) is 8.28. The molecule has 1 aliphatic carbocycles. The fourth-order valence-electron chi connectivity index (χ4n) is 3.83. The molecule has 2 heterocycles. The number of nitrogens with zero attached hydrogens (tertiary/aromatic N) is 1. The number of epoxide rings is 1. The second-order valence-electron chi connectivity index (χ2n) is 6.56. The molecule has 4 heteroatoms. The van der Waals surface area contributed by atoms with E-state index in [2.05, 4.69) is 12.1 Å². The van der Waals surface area contributed by atoms with Crippen LogP contribution < -0.4 is 0 Å². The minimum atomic E-state index is -0.0546. The van der Waals surface area contributed by atoms with Crippen LogP contribution in [0, 0.1) is 0 Å². The fraction of sp³-hybridized carbons (Fsp3) is 0.611. The number of aliphatic imine (C=N–C) groups is 1. The van der Waals surface area contributed by atoms with Crippen LogP contribution in [0.3, 0.4) is 0 Å². The summed E-state index contributed by atoms with van der Waals surface area (Å²) in [5, 5.41) is 0. The molecule has 0 N–H and O–H groups in total. The molecule has 1 saturated heterocycles. The summed E-state index contributed by atoms with van der Waals surface area (Å²) in [6, 6.07) is 10.3. The summed E-state index contributed by atoms with van der Waals surface area (Å²) in [5.74, 6) is 0.790. The average molecular weight is 301 g/mol. The lowest BCUT2D eigenvalue weighted by Crippen LogP contribution is -2.24. The lowest BCUT2D eigenvalue weighted by atomic mass is 9.86. The molecule has 22 heavy (non-hydrogen) atoms. The van der Waals surface area contributed by atoms with Gasteiger partial charge in [0.1, 0.15) is 17.7 Å². The zero-order valence-corrected chi connectivity index (χ0v) is 13.0. The molecule has 2 aliphatic heterocycles. The Bertz CT molecular complexity index is 551. The van der Waals surface area contributed by atoms with Crippen LogP contribution in [-0.4, -0.2) is 37.4 Å². The summed E-state index contributed by atoms with van der Waals surface area (Å²) >= 11 is 0. The third kappa shape index (κ3) is 2.44. The van der Waals surface area contributed by atoms with Crippen LogP contribution in [0.4, 0.5) is 0 Å². The van der Waals surface area contributed by atoms with E-state index in [0.29, 0.717) is 6.61 Å². The highest BCUT2D eigenvalue weighted by atomic mass is 16.6. The highest BCUT2D eigenvalue weighted by molar-refractivity contribution is 5.86. The Hall–Kier alpha value is -1.39. The Morgan fingerprint density at radius 2 is 1.95 bits per heavy atom. The topological polar surface area (TPSA) is 43.3 Å². The Morgan fingerprint density at radius 3 is 2.68 bits per heavy atom. The van der Waals surface area contributed by atoms with Crippen LogP contribution in [0.2, 0.25) is 0 Å². The zero-order chi connectivity index (χ0) is 15.0. The summed E-state index contributed by atoms with van der Waals surface area (Å²) < 4.78 is 17.6. The van der Waals surface area contributed by atoms with E-state index in [1.54, 1.807) is 7.11 Å². The van der Waals surface area contributed by atoms with E-state index in [0.717, 1.165) is 24.3 Å². The van der Waals surface area contributed by atoms with Gasteiger partial charge in [0, 0.05) is 7.11 Å².